The van der Waals surface area contributed by atoms with Crippen molar-refractivity contribution in [2.24, 2.45) is 0 Å². The van der Waals surface area contributed by atoms with Gasteiger partial charge < -0.3 is 15.5 Å². The summed E-state index contributed by atoms with van der Waals surface area (Å²) >= 11 is 0. The van der Waals surface area contributed by atoms with Crippen LogP contribution in [0.15, 0.2) is 60.7 Å². The van der Waals surface area contributed by atoms with E-state index in [1.807, 2.05) is 30.3 Å². The highest BCUT2D eigenvalue weighted by atomic mass is 16.2. The molecule has 2 amide bonds. The summed E-state index contributed by atoms with van der Waals surface area (Å²) in [5, 5.41) is 13.4. The number of aromatic nitrogens is 2. The van der Waals surface area contributed by atoms with Crippen LogP contribution in [0.2, 0.25) is 0 Å². The summed E-state index contributed by atoms with van der Waals surface area (Å²) in [6.07, 6.45) is 1.90. The van der Waals surface area contributed by atoms with Crippen molar-refractivity contribution < 1.29 is 9.59 Å². The maximum Gasteiger partial charge on any atom is 0.251 e. The number of hydrogen-bond donors (Lipinski definition) is 3. The molecule has 2 aromatic carbocycles. The summed E-state index contributed by atoms with van der Waals surface area (Å²) in [6.45, 7) is 3.06. The molecule has 1 aromatic heterocycles. The number of nitrogens with one attached hydrogen (secondary N) is 3. The van der Waals surface area contributed by atoms with E-state index in [1.165, 1.54) is 6.92 Å². The fourth-order valence-electron chi connectivity index (χ4n) is 3.75. The summed E-state index contributed by atoms with van der Waals surface area (Å²) < 4.78 is 0. The lowest BCUT2D eigenvalue weighted by molar-refractivity contribution is -0.114. The summed E-state index contributed by atoms with van der Waals surface area (Å²) in [5.74, 6) is 0.589. The first kappa shape index (κ1) is 19.7. The highest BCUT2D eigenvalue weighted by Gasteiger charge is 2.23. The Morgan fingerprint density at radius 3 is 2.73 bits per heavy atom. The van der Waals surface area contributed by atoms with Gasteiger partial charge in [-0.2, -0.15) is 5.10 Å². The summed E-state index contributed by atoms with van der Waals surface area (Å²) in [5.41, 5.74) is 3.22. The molecule has 1 aliphatic rings. The van der Waals surface area contributed by atoms with Crippen LogP contribution in [0.25, 0.3) is 11.3 Å². The van der Waals surface area contributed by atoms with Crippen molar-refractivity contribution in [1.29, 1.82) is 0 Å². The van der Waals surface area contributed by atoms with E-state index >= 15 is 0 Å². The maximum atomic E-state index is 12.7. The van der Waals surface area contributed by atoms with Gasteiger partial charge in [-0.3, -0.25) is 14.7 Å². The van der Waals surface area contributed by atoms with Gasteiger partial charge in [-0.05, 0) is 36.6 Å². The molecule has 1 atom stereocenters. The SMILES string of the molecule is CC(=O)Nc1cccc(C(=O)NC2CCCN(c3cc(-c4ccccc4)[nH]n3)C2)c1. The Kier molecular flexibility index (Phi) is 5.79. The van der Waals surface area contributed by atoms with E-state index in [1.54, 1.807) is 24.3 Å². The highest BCUT2D eigenvalue weighted by molar-refractivity contribution is 5.97. The molecular weight excluding hydrogens is 378 g/mol. The number of nitrogens with zero attached hydrogens (tertiary/aromatic N) is 2. The maximum absolute atomic E-state index is 12.7. The van der Waals surface area contributed by atoms with Crippen LogP contribution in [0, 0.1) is 0 Å². The minimum absolute atomic E-state index is 0.0348. The lowest BCUT2D eigenvalue weighted by Crippen LogP contribution is -2.48. The number of piperidine rings is 1. The largest absolute Gasteiger partial charge is 0.353 e. The number of amides is 2. The third-order valence-electron chi connectivity index (χ3n) is 5.17. The Labute approximate surface area is 175 Å². The van der Waals surface area contributed by atoms with Crippen LogP contribution >= 0.6 is 0 Å². The fraction of sp³-hybridized carbons (Fsp3) is 0.261. The van der Waals surface area contributed by atoms with Gasteiger partial charge in [0.2, 0.25) is 5.91 Å². The molecule has 7 heteroatoms. The predicted molar refractivity (Wildman–Crippen MR) is 117 cm³/mol. The zero-order valence-electron chi connectivity index (χ0n) is 16.9. The molecule has 7 nitrogen and oxygen atoms in total. The average molecular weight is 403 g/mol. The predicted octanol–water partition coefficient (Wildman–Crippen LogP) is 3.43. The van der Waals surface area contributed by atoms with E-state index in [0.29, 0.717) is 17.8 Å². The number of anilines is 2. The van der Waals surface area contributed by atoms with Crippen molar-refractivity contribution in [3.05, 3.63) is 66.2 Å². The number of H-pyrrole nitrogens is 1. The number of carbonyl (C=O) groups excluding carboxylic acids is 2. The second-order valence-corrected chi connectivity index (χ2v) is 7.53. The van der Waals surface area contributed by atoms with Gasteiger partial charge in [0.25, 0.3) is 5.91 Å². The van der Waals surface area contributed by atoms with Crippen molar-refractivity contribution in [1.82, 2.24) is 15.5 Å². The number of carbonyl (C=O) groups is 2. The van der Waals surface area contributed by atoms with Gasteiger partial charge in [-0.1, -0.05) is 36.4 Å². The van der Waals surface area contributed by atoms with Gasteiger partial charge in [0, 0.05) is 43.4 Å². The molecule has 154 valence electrons. The molecule has 1 fully saturated rings. The first-order valence-corrected chi connectivity index (χ1v) is 10.1. The Bertz CT molecular complexity index is 1030. The second-order valence-electron chi connectivity index (χ2n) is 7.53. The molecule has 0 saturated carbocycles. The normalized spacial score (nSPS) is 16.2. The number of hydrogen-bond acceptors (Lipinski definition) is 4. The Morgan fingerprint density at radius 2 is 1.93 bits per heavy atom. The molecule has 0 spiro atoms. The zero-order chi connectivity index (χ0) is 20.9. The molecule has 3 N–H and O–H groups in total. The van der Waals surface area contributed by atoms with Gasteiger partial charge in [-0.15, -0.1) is 0 Å². The Balaban J connectivity index is 1.40. The summed E-state index contributed by atoms with van der Waals surface area (Å²) in [7, 11) is 0. The second kappa shape index (κ2) is 8.82. The molecule has 1 unspecified atom stereocenters. The molecule has 1 saturated heterocycles. The molecule has 3 aromatic rings. The topological polar surface area (TPSA) is 90.1 Å². The lowest BCUT2D eigenvalue weighted by atomic mass is 10.0. The number of benzene rings is 2. The van der Waals surface area contributed by atoms with Crippen LogP contribution < -0.4 is 15.5 Å². The van der Waals surface area contributed by atoms with Crippen LogP contribution in [0.5, 0.6) is 0 Å². The fourth-order valence-corrected chi connectivity index (χ4v) is 3.75. The first-order chi connectivity index (χ1) is 14.6. The number of rotatable bonds is 5. The van der Waals surface area contributed by atoms with E-state index in [0.717, 1.165) is 36.5 Å². The van der Waals surface area contributed by atoms with E-state index in [9.17, 15) is 9.59 Å². The molecule has 0 bridgehead atoms. The van der Waals surface area contributed by atoms with Gasteiger partial charge in [0.05, 0.1) is 5.69 Å². The minimum Gasteiger partial charge on any atom is -0.353 e. The van der Waals surface area contributed by atoms with E-state index in [2.05, 4.69) is 31.8 Å². The minimum atomic E-state index is -0.163. The van der Waals surface area contributed by atoms with Gasteiger partial charge in [0.15, 0.2) is 5.82 Å². The standard InChI is InChI=1S/C23H25N5O2/c1-16(29)24-19-10-5-9-18(13-19)23(30)25-20-11-6-12-28(15-20)22-14-21(26-27-22)17-7-3-2-4-8-17/h2-5,7-10,13-14,20H,6,11-12,15H2,1H3,(H,24,29)(H,25,30)(H,26,27). The molecule has 0 aliphatic carbocycles. The summed E-state index contributed by atoms with van der Waals surface area (Å²) in [6, 6.07) is 19.2. The zero-order valence-corrected chi connectivity index (χ0v) is 16.9. The van der Waals surface area contributed by atoms with Gasteiger partial charge >= 0.3 is 0 Å². The number of aromatic amines is 1. The van der Waals surface area contributed by atoms with Crippen molar-refractivity contribution in [2.75, 3.05) is 23.3 Å². The quantitative estimate of drug-likeness (QED) is 0.609. The van der Waals surface area contributed by atoms with E-state index < -0.39 is 0 Å². The van der Waals surface area contributed by atoms with Crippen LogP contribution in [-0.4, -0.2) is 41.1 Å². The third kappa shape index (κ3) is 4.68. The van der Waals surface area contributed by atoms with Crippen LogP contribution in [0.3, 0.4) is 0 Å². The molecule has 30 heavy (non-hydrogen) atoms. The lowest BCUT2D eigenvalue weighted by Gasteiger charge is -2.33. The van der Waals surface area contributed by atoms with Crippen molar-refractivity contribution >= 4 is 23.3 Å². The monoisotopic (exact) mass is 403 g/mol. The van der Waals surface area contributed by atoms with Crippen molar-refractivity contribution in [2.45, 2.75) is 25.8 Å². The van der Waals surface area contributed by atoms with Gasteiger partial charge in [0.1, 0.15) is 0 Å². The van der Waals surface area contributed by atoms with Crippen LogP contribution in [0.1, 0.15) is 30.1 Å². The smallest absolute Gasteiger partial charge is 0.251 e. The Hall–Kier alpha value is -3.61. The van der Waals surface area contributed by atoms with E-state index in [-0.39, 0.29) is 17.9 Å². The van der Waals surface area contributed by atoms with Crippen LogP contribution in [0.4, 0.5) is 11.5 Å². The molecule has 2 heterocycles. The molecule has 0 radical (unpaired) electrons. The van der Waals surface area contributed by atoms with Crippen molar-refractivity contribution in [3.8, 4) is 11.3 Å². The summed E-state index contributed by atoms with van der Waals surface area (Å²) in [4.78, 5) is 26.2. The van der Waals surface area contributed by atoms with Crippen LogP contribution in [-0.2, 0) is 4.79 Å². The third-order valence-corrected chi connectivity index (χ3v) is 5.17. The molecule has 4 rings (SSSR count). The van der Waals surface area contributed by atoms with E-state index in [4.69, 9.17) is 0 Å². The Morgan fingerprint density at radius 1 is 1.10 bits per heavy atom. The highest BCUT2D eigenvalue weighted by Crippen LogP contribution is 2.24. The average Bonchev–Trinajstić information content (AvgIpc) is 3.25. The first-order valence-electron chi connectivity index (χ1n) is 10.1. The molecular formula is C23H25N5O2. The van der Waals surface area contributed by atoms with Gasteiger partial charge in [-0.25, -0.2) is 0 Å². The molecule has 1 aliphatic heterocycles. The van der Waals surface area contributed by atoms with Crippen molar-refractivity contribution in [3.63, 3.8) is 0 Å².